The van der Waals surface area contributed by atoms with E-state index in [0.717, 1.165) is 18.6 Å². The number of carboxylic acid groups (broad SMARTS) is 1. The SMILES string of the molecule is CCCC1(C(=O)O)CCN(C(C)c2cc(F)ccc2F)C1. The van der Waals surface area contributed by atoms with Crippen LogP contribution < -0.4 is 0 Å². The number of hydrogen-bond donors (Lipinski definition) is 1. The summed E-state index contributed by atoms with van der Waals surface area (Å²) in [6, 6.07) is 3.07. The molecule has 116 valence electrons. The van der Waals surface area contributed by atoms with E-state index in [9.17, 15) is 18.7 Å². The van der Waals surface area contributed by atoms with Crippen LogP contribution in [0.4, 0.5) is 8.78 Å². The van der Waals surface area contributed by atoms with Gasteiger partial charge in [0.25, 0.3) is 0 Å². The van der Waals surface area contributed by atoms with Crippen LogP contribution in [0.3, 0.4) is 0 Å². The molecule has 1 aromatic rings. The minimum atomic E-state index is -0.793. The fraction of sp³-hybridized carbons (Fsp3) is 0.562. The van der Waals surface area contributed by atoms with Crippen LogP contribution >= 0.6 is 0 Å². The Morgan fingerprint density at radius 1 is 1.48 bits per heavy atom. The second kappa shape index (κ2) is 6.10. The fourth-order valence-electron chi connectivity index (χ4n) is 3.23. The Kier molecular flexibility index (Phi) is 4.61. The van der Waals surface area contributed by atoms with Crippen molar-refractivity contribution in [3.8, 4) is 0 Å². The fourth-order valence-corrected chi connectivity index (χ4v) is 3.23. The quantitative estimate of drug-likeness (QED) is 0.902. The van der Waals surface area contributed by atoms with Crippen molar-refractivity contribution in [3.05, 3.63) is 35.4 Å². The summed E-state index contributed by atoms with van der Waals surface area (Å²) < 4.78 is 27.2. The molecule has 1 heterocycles. The van der Waals surface area contributed by atoms with Crippen molar-refractivity contribution in [2.75, 3.05) is 13.1 Å². The minimum Gasteiger partial charge on any atom is -0.481 e. The Morgan fingerprint density at radius 2 is 2.19 bits per heavy atom. The molecule has 0 aliphatic carbocycles. The highest BCUT2D eigenvalue weighted by Crippen LogP contribution is 2.39. The highest BCUT2D eigenvalue weighted by Gasteiger charge is 2.45. The van der Waals surface area contributed by atoms with Gasteiger partial charge in [-0.2, -0.15) is 0 Å². The number of carboxylic acids is 1. The largest absolute Gasteiger partial charge is 0.481 e. The van der Waals surface area contributed by atoms with Gasteiger partial charge in [0.05, 0.1) is 5.41 Å². The maximum Gasteiger partial charge on any atom is 0.310 e. The molecule has 0 bridgehead atoms. The maximum atomic E-state index is 13.9. The molecule has 5 heteroatoms. The van der Waals surface area contributed by atoms with E-state index in [0.29, 0.717) is 25.9 Å². The standard InChI is InChI=1S/C16H21F2NO2/c1-3-6-16(15(20)21)7-8-19(10-16)11(2)13-9-12(17)4-5-14(13)18/h4-5,9,11H,3,6-8,10H2,1-2H3,(H,20,21). The van der Waals surface area contributed by atoms with Crippen molar-refractivity contribution in [1.29, 1.82) is 0 Å². The molecule has 1 fully saturated rings. The summed E-state index contributed by atoms with van der Waals surface area (Å²) in [5, 5.41) is 9.50. The molecule has 0 saturated carbocycles. The molecule has 2 atom stereocenters. The van der Waals surface area contributed by atoms with Gasteiger partial charge in [0.15, 0.2) is 0 Å². The minimum absolute atomic E-state index is 0.285. The maximum absolute atomic E-state index is 13.9. The van der Waals surface area contributed by atoms with Crippen molar-refractivity contribution in [2.24, 2.45) is 5.41 Å². The number of hydrogen-bond acceptors (Lipinski definition) is 2. The summed E-state index contributed by atoms with van der Waals surface area (Å²) in [6.45, 7) is 4.72. The molecule has 0 radical (unpaired) electrons. The van der Waals surface area contributed by atoms with E-state index in [-0.39, 0.29) is 11.6 Å². The molecule has 2 rings (SSSR count). The van der Waals surface area contributed by atoms with Crippen molar-refractivity contribution in [1.82, 2.24) is 4.90 Å². The first-order valence-corrected chi connectivity index (χ1v) is 7.32. The van der Waals surface area contributed by atoms with Gasteiger partial charge in [-0.25, -0.2) is 8.78 Å². The molecule has 0 aromatic heterocycles. The van der Waals surface area contributed by atoms with Gasteiger partial charge in [0.2, 0.25) is 0 Å². The second-order valence-corrected chi connectivity index (χ2v) is 5.90. The number of likely N-dealkylation sites (tertiary alicyclic amines) is 1. The van der Waals surface area contributed by atoms with E-state index < -0.39 is 23.0 Å². The van der Waals surface area contributed by atoms with Crippen LogP contribution in [0.5, 0.6) is 0 Å². The molecule has 1 N–H and O–H groups in total. The molecule has 2 unspecified atom stereocenters. The summed E-state index contributed by atoms with van der Waals surface area (Å²) in [5.41, 5.74) is -0.472. The molecule has 0 spiro atoms. The molecule has 21 heavy (non-hydrogen) atoms. The zero-order valence-corrected chi connectivity index (χ0v) is 12.4. The molecule has 0 amide bonds. The van der Waals surface area contributed by atoms with E-state index in [2.05, 4.69) is 0 Å². The van der Waals surface area contributed by atoms with E-state index >= 15 is 0 Å². The lowest BCUT2D eigenvalue weighted by Crippen LogP contribution is -2.35. The summed E-state index contributed by atoms with van der Waals surface area (Å²) in [6.07, 6.45) is 1.96. The lowest BCUT2D eigenvalue weighted by atomic mass is 9.82. The first-order chi connectivity index (χ1) is 9.89. The predicted molar refractivity (Wildman–Crippen MR) is 75.9 cm³/mol. The molecule has 1 aliphatic rings. The first-order valence-electron chi connectivity index (χ1n) is 7.32. The summed E-state index contributed by atoms with van der Waals surface area (Å²) in [5.74, 6) is -1.72. The lowest BCUT2D eigenvalue weighted by molar-refractivity contribution is -0.148. The Bertz CT molecular complexity index is 535. The third-order valence-electron chi connectivity index (χ3n) is 4.52. The van der Waals surface area contributed by atoms with Crippen LogP contribution in [-0.4, -0.2) is 29.1 Å². The topological polar surface area (TPSA) is 40.5 Å². The highest BCUT2D eigenvalue weighted by molar-refractivity contribution is 5.75. The predicted octanol–water partition coefficient (Wildman–Crippen LogP) is 3.60. The molecule has 1 aromatic carbocycles. The zero-order chi connectivity index (χ0) is 15.6. The van der Waals surface area contributed by atoms with E-state index in [1.54, 1.807) is 6.92 Å². The van der Waals surface area contributed by atoms with Gasteiger partial charge >= 0.3 is 5.97 Å². The van der Waals surface area contributed by atoms with Crippen LogP contribution in [0.1, 0.15) is 44.7 Å². The lowest BCUT2D eigenvalue weighted by Gasteiger charge is -2.28. The van der Waals surface area contributed by atoms with Crippen molar-refractivity contribution >= 4 is 5.97 Å². The average molecular weight is 297 g/mol. The third-order valence-corrected chi connectivity index (χ3v) is 4.52. The number of rotatable bonds is 5. The van der Waals surface area contributed by atoms with E-state index in [1.165, 1.54) is 6.07 Å². The normalized spacial score (nSPS) is 24.2. The van der Waals surface area contributed by atoms with Gasteiger partial charge in [-0.3, -0.25) is 9.69 Å². The van der Waals surface area contributed by atoms with Gasteiger partial charge in [-0.05, 0) is 44.5 Å². The van der Waals surface area contributed by atoms with Crippen LogP contribution in [0.15, 0.2) is 18.2 Å². The van der Waals surface area contributed by atoms with Crippen molar-refractivity contribution in [3.63, 3.8) is 0 Å². The van der Waals surface area contributed by atoms with Gasteiger partial charge in [0.1, 0.15) is 11.6 Å². The molecule has 3 nitrogen and oxygen atoms in total. The number of nitrogens with zero attached hydrogens (tertiary/aromatic N) is 1. The number of benzene rings is 1. The first kappa shape index (κ1) is 15.9. The Morgan fingerprint density at radius 3 is 2.81 bits per heavy atom. The van der Waals surface area contributed by atoms with Crippen molar-refractivity contribution in [2.45, 2.75) is 39.2 Å². The van der Waals surface area contributed by atoms with Gasteiger partial charge in [0, 0.05) is 18.2 Å². The summed E-state index contributed by atoms with van der Waals surface area (Å²) >= 11 is 0. The highest BCUT2D eigenvalue weighted by atomic mass is 19.1. The molecule has 1 aliphatic heterocycles. The Labute approximate surface area is 123 Å². The molecule has 1 saturated heterocycles. The van der Waals surface area contributed by atoms with Crippen LogP contribution in [0.2, 0.25) is 0 Å². The van der Waals surface area contributed by atoms with Gasteiger partial charge in [-0.15, -0.1) is 0 Å². The molecular formula is C16H21F2NO2. The van der Waals surface area contributed by atoms with Crippen LogP contribution in [-0.2, 0) is 4.79 Å². The molecular weight excluding hydrogens is 276 g/mol. The summed E-state index contributed by atoms with van der Waals surface area (Å²) in [7, 11) is 0. The Hall–Kier alpha value is -1.49. The van der Waals surface area contributed by atoms with Crippen LogP contribution in [0, 0.1) is 17.0 Å². The third kappa shape index (κ3) is 3.07. The number of halogens is 2. The van der Waals surface area contributed by atoms with Gasteiger partial charge in [-0.1, -0.05) is 13.3 Å². The van der Waals surface area contributed by atoms with E-state index in [4.69, 9.17) is 0 Å². The summed E-state index contributed by atoms with van der Waals surface area (Å²) in [4.78, 5) is 13.5. The zero-order valence-electron chi connectivity index (χ0n) is 12.4. The van der Waals surface area contributed by atoms with Crippen molar-refractivity contribution < 1.29 is 18.7 Å². The monoisotopic (exact) mass is 297 g/mol. The second-order valence-electron chi connectivity index (χ2n) is 5.90. The smallest absolute Gasteiger partial charge is 0.310 e. The van der Waals surface area contributed by atoms with Gasteiger partial charge < -0.3 is 5.11 Å². The number of carbonyl (C=O) groups is 1. The van der Waals surface area contributed by atoms with E-state index in [1.807, 2.05) is 11.8 Å². The number of aliphatic carboxylic acids is 1. The Balaban J connectivity index is 2.20. The average Bonchev–Trinajstić information content (AvgIpc) is 2.87. The van der Waals surface area contributed by atoms with Crippen LogP contribution in [0.25, 0.3) is 0 Å².